The Bertz CT molecular complexity index is 739. The molecule has 1 aliphatic carbocycles. The van der Waals surface area contributed by atoms with Crippen LogP contribution in [0.5, 0.6) is 5.75 Å². The van der Waals surface area contributed by atoms with E-state index >= 15 is 0 Å². The summed E-state index contributed by atoms with van der Waals surface area (Å²) in [6.07, 6.45) is 4.19. The number of benzene rings is 1. The minimum atomic E-state index is -1.07. The van der Waals surface area contributed by atoms with Gasteiger partial charge in [-0.15, -0.1) is 0 Å². The first-order chi connectivity index (χ1) is 14.4. The van der Waals surface area contributed by atoms with Gasteiger partial charge >= 0.3 is 5.97 Å². The summed E-state index contributed by atoms with van der Waals surface area (Å²) in [6, 6.07) is 2.78. The second-order valence-electron chi connectivity index (χ2n) is 7.42. The summed E-state index contributed by atoms with van der Waals surface area (Å²) < 4.78 is 44.2. The minimum absolute atomic E-state index is 0.0260. The van der Waals surface area contributed by atoms with Crippen LogP contribution in [0.3, 0.4) is 0 Å². The van der Waals surface area contributed by atoms with E-state index in [1.165, 1.54) is 30.5 Å². The molecule has 1 aromatic rings. The van der Waals surface area contributed by atoms with Gasteiger partial charge in [0.1, 0.15) is 6.61 Å². The average molecular weight is 427 g/mol. The summed E-state index contributed by atoms with van der Waals surface area (Å²) in [7, 11) is 6.49. The van der Waals surface area contributed by atoms with E-state index in [-0.39, 0.29) is 23.9 Å². The molecule has 0 saturated heterocycles. The minimum Gasteiger partial charge on any atom is -0.489 e. The fourth-order valence-corrected chi connectivity index (χ4v) is 3.50. The molecule has 0 radical (unpaired) electrons. The van der Waals surface area contributed by atoms with E-state index in [0.717, 1.165) is 12.8 Å². The molecule has 0 aromatic heterocycles. The Morgan fingerprint density at radius 1 is 1.13 bits per heavy atom. The standard InChI is InChI=1S/C21H31F2N3O4/c1-25(11-13-28-3)12-14-30-17-8-7-16(18(22)19(17)23)15-24-26(2)21(20(27)29-4)9-5-6-10-21/h7-8,15H,5-6,9-14H2,1-4H3/b24-15+. The summed E-state index contributed by atoms with van der Waals surface area (Å²) in [5.74, 6) is -2.63. The molecular weight excluding hydrogens is 396 g/mol. The number of nitrogens with zero attached hydrogens (tertiary/aromatic N) is 3. The van der Waals surface area contributed by atoms with E-state index in [2.05, 4.69) is 5.10 Å². The Morgan fingerprint density at radius 3 is 2.43 bits per heavy atom. The third-order valence-corrected chi connectivity index (χ3v) is 5.47. The van der Waals surface area contributed by atoms with Gasteiger partial charge in [0, 0.05) is 32.8 Å². The molecule has 9 heteroatoms. The van der Waals surface area contributed by atoms with Crippen molar-refractivity contribution >= 4 is 12.2 Å². The molecule has 1 fully saturated rings. The number of likely N-dealkylation sites (N-methyl/N-ethyl adjacent to an activating group) is 2. The van der Waals surface area contributed by atoms with Gasteiger partial charge in [-0.05, 0) is 32.0 Å². The molecule has 1 aliphatic rings. The zero-order valence-electron chi connectivity index (χ0n) is 18.1. The molecule has 0 aliphatic heterocycles. The first kappa shape index (κ1) is 24.0. The van der Waals surface area contributed by atoms with Gasteiger partial charge in [0.25, 0.3) is 0 Å². The number of halogens is 2. The van der Waals surface area contributed by atoms with E-state index in [1.807, 2.05) is 11.9 Å². The number of methoxy groups -OCH3 is 2. The van der Waals surface area contributed by atoms with Crippen molar-refractivity contribution in [1.29, 1.82) is 0 Å². The third kappa shape index (κ3) is 5.66. The number of rotatable bonds is 11. The van der Waals surface area contributed by atoms with Crippen LogP contribution in [0.25, 0.3) is 0 Å². The van der Waals surface area contributed by atoms with Crippen molar-refractivity contribution in [3.63, 3.8) is 0 Å². The van der Waals surface area contributed by atoms with Crippen molar-refractivity contribution in [1.82, 2.24) is 9.91 Å². The van der Waals surface area contributed by atoms with Crippen molar-refractivity contribution in [2.75, 3.05) is 54.6 Å². The van der Waals surface area contributed by atoms with Crippen molar-refractivity contribution < 1.29 is 27.8 Å². The Hall–Kier alpha value is -2.26. The molecule has 2 rings (SSSR count). The van der Waals surface area contributed by atoms with Crippen molar-refractivity contribution in [2.45, 2.75) is 31.2 Å². The van der Waals surface area contributed by atoms with Crippen LogP contribution in [0.4, 0.5) is 8.78 Å². The van der Waals surface area contributed by atoms with Gasteiger partial charge in [-0.25, -0.2) is 9.18 Å². The molecule has 1 saturated carbocycles. The predicted molar refractivity (Wildman–Crippen MR) is 110 cm³/mol. The topological polar surface area (TPSA) is 63.6 Å². The summed E-state index contributed by atoms with van der Waals surface area (Å²) in [5.41, 5.74) is -0.889. The lowest BCUT2D eigenvalue weighted by molar-refractivity contribution is -0.154. The molecule has 0 amide bonds. The van der Waals surface area contributed by atoms with Crippen LogP contribution in [0.2, 0.25) is 0 Å². The lowest BCUT2D eigenvalue weighted by atomic mass is 9.97. The molecule has 0 unspecified atom stereocenters. The largest absolute Gasteiger partial charge is 0.489 e. The second kappa shape index (κ2) is 11.2. The van der Waals surface area contributed by atoms with Crippen molar-refractivity contribution in [2.24, 2.45) is 5.10 Å². The van der Waals surface area contributed by atoms with Crippen LogP contribution in [0.15, 0.2) is 17.2 Å². The summed E-state index contributed by atoms with van der Waals surface area (Å²) >= 11 is 0. The van der Waals surface area contributed by atoms with Crippen LogP contribution in [0.1, 0.15) is 31.2 Å². The summed E-state index contributed by atoms with van der Waals surface area (Å²) in [4.78, 5) is 14.2. The van der Waals surface area contributed by atoms with Gasteiger partial charge in [0.2, 0.25) is 5.82 Å². The van der Waals surface area contributed by atoms with Crippen LogP contribution in [-0.2, 0) is 14.3 Å². The zero-order chi connectivity index (χ0) is 22.1. The number of hydrogen-bond acceptors (Lipinski definition) is 7. The lowest BCUT2D eigenvalue weighted by Crippen LogP contribution is -2.49. The SMILES string of the molecule is COCCN(C)CCOc1ccc(/C=N/N(C)C2(C(=O)OC)CCCC2)c(F)c1F. The maximum atomic E-state index is 14.5. The van der Waals surface area contributed by atoms with Gasteiger partial charge in [0.05, 0.1) is 19.9 Å². The first-order valence-electron chi connectivity index (χ1n) is 10.00. The van der Waals surface area contributed by atoms with Gasteiger partial charge in [-0.3, -0.25) is 5.01 Å². The first-order valence-corrected chi connectivity index (χ1v) is 10.00. The van der Waals surface area contributed by atoms with E-state index < -0.39 is 17.2 Å². The average Bonchev–Trinajstić information content (AvgIpc) is 3.25. The number of carbonyl (C=O) groups excluding carboxylic acids is 1. The molecule has 30 heavy (non-hydrogen) atoms. The van der Waals surface area contributed by atoms with Crippen LogP contribution in [-0.4, -0.2) is 82.2 Å². The van der Waals surface area contributed by atoms with Crippen molar-refractivity contribution in [3.8, 4) is 5.75 Å². The summed E-state index contributed by atoms with van der Waals surface area (Å²) in [6.45, 7) is 2.06. The molecule has 0 bridgehead atoms. The fourth-order valence-electron chi connectivity index (χ4n) is 3.50. The Morgan fingerprint density at radius 2 is 1.80 bits per heavy atom. The quantitative estimate of drug-likeness (QED) is 0.307. The fraction of sp³-hybridized carbons (Fsp3) is 0.619. The summed E-state index contributed by atoms with van der Waals surface area (Å²) in [5, 5.41) is 5.69. The molecular formula is C21H31F2N3O4. The number of hydrazone groups is 1. The van der Waals surface area contributed by atoms with Crippen LogP contribution in [0, 0.1) is 11.6 Å². The smallest absolute Gasteiger partial charge is 0.333 e. The molecule has 7 nitrogen and oxygen atoms in total. The molecule has 0 atom stereocenters. The van der Waals surface area contributed by atoms with Gasteiger partial charge in [-0.2, -0.15) is 9.49 Å². The van der Waals surface area contributed by atoms with Gasteiger partial charge < -0.3 is 19.1 Å². The third-order valence-electron chi connectivity index (χ3n) is 5.47. The highest BCUT2D eigenvalue weighted by Crippen LogP contribution is 2.36. The Balaban J connectivity index is 2.03. The molecule has 0 N–H and O–H groups in total. The maximum absolute atomic E-state index is 14.5. The number of carbonyl (C=O) groups is 1. The lowest BCUT2D eigenvalue weighted by Gasteiger charge is -2.33. The van der Waals surface area contributed by atoms with Gasteiger partial charge in [0.15, 0.2) is 17.1 Å². The Kier molecular flexibility index (Phi) is 8.98. The zero-order valence-corrected chi connectivity index (χ0v) is 18.1. The molecule has 1 aromatic carbocycles. The highest BCUT2D eigenvalue weighted by atomic mass is 19.2. The molecule has 0 spiro atoms. The second-order valence-corrected chi connectivity index (χ2v) is 7.42. The molecule has 168 valence electrons. The normalized spacial score (nSPS) is 15.7. The highest BCUT2D eigenvalue weighted by molar-refractivity contribution is 5.83. The van der Waals surface area contributed by atoms with Crippen LogP contribution < -0.4 is 4.74 Å². The predicted octanol–water partition coefficient (Wildman–Crippen LogP) is 2.67. The van der Waals surface area contributed by atoms with Crippen molar-refractivity contribution in [3.05, 3.63) is 29.3 Å². The number of hydrogen-bond donors (Lipinski definition) is 0. The van der Waals surface area contributed by atoms with Crippen LogP contribution >= 0.6 is 0 Å². The van der Waals surface area contributed by atoms with E-state index in [1.54, 1.807) is 14.2 Å². The van der Waals surface area contributed by atoms with E-state index in [9.17, 15) is 13.6 Å². The maximum Gasteiger partial charge on any atom is 0.333 e. The number of esters is 1. The highest BCUT2D eigenvalue weighted by Gasteiger charge is 2.46. The molecule has 0 heterocycles. The monoisotopic (exact) mass is 427 g/mol. The van der Waals surface area contributed by atoms with E-state index in [4.69, 9.17) is 14.2 Å². The van der Waals surface area contributed by atoms with Gasteiger partial charge in [-0.1, -0.05) is 12.8 Å². The number of ether oxygens (including phenoxy) is 3. The van der Waals surface area contributed by atoms with E-state index in [0.29, 0.717) is 32.5 Å². The Labute approximate surface area is 176 Å².